The molecule has 5 rings (SSSR count). The molecule has 0 aliphatic heterocycles. The minimum atomic E-state index is -1.35. The molecule has 13 nitrogen and oxygen atoms in total. The van der Waals surface area contributed by atoms with Gasteiger partial charge in [0.1, 0.15) is 54.3 Å². The Morgan fingerprint density at radius 1 is 0.655 bits per heavy atom. The Bertz CT molecular complexity index is 2190. The summed E-state index contributed by atoms with van der Waals surface area (Å²) in [5, 5.41) is 19.2. The fraction of sp³-hybridized carbons (Fsp3) is 0.143. The number of carboxylic acid groups (broad SMARTS) is 2. The second-order valence-corrected chi connectivity index (χ2v) is 11.8. The van der Waals surface area contributed by atoms with Crippen LogP contribution in [-0.2, 0) is 26.4 Å². The lowest BCUT2D eigenvalue weighted by Gasteiger charge is -2.28. The van der Waals surface area contributed by atoms with E-state index >= 15 is 0 Å². The number of hydrogen-bond donors (Lipinski definition) is 2. The first-order valence-electron chi connectivity index (χ1n) is 16.5. The van der Waals surface area contributed by atoms with Crippen LogP contribution < -0.4 is 23.8 Å². The summed E-state index contributed by atoms with van der Waals surface area (Å²) in [7, 11) is 1.25. The summed E-state index contributed by atoms with van der Waals surface area (Å²) in [6, 6.07) is 29.9. The van der Waals surface area contributed by atoms with Crippen molar-refractivity contribution in [1.29, 1.82) is 0 Å². The van der Waals surface area contributed by atoms with E-state index in [1.165, 1.54) is 43.5 Å². The highest BCUT2D eigenvalue weighted by molar-refractivity contribution is 6.03. The van der Waals surface area contributed by atoms with Gasteiger partial charge in [-0.25, -0.2) is 14.4 Å². The van der Waals surface area contributed by atoms with Crippen LogP contribution >= 0.6 is 0 Å². The van der Waals surface area contributed by atoms with Crippen LogP contribution in [-0.4, -0.2) is 54.4 Å². The zero-order chi connectivity index (χ0) is 39.4. The molecule has 280 valence electrons. The predicted octanol–water partition coefficient (Wildman–Crippen LogP) is 6.72. The van der Waals surface area contributed by atoms with Crippen LogP contribution in [0.15, 0.2) is 115 Å². The normalized spacial score (nSPS) is 11.6. The van der Waals surface area contributed by atoms with Gasteiger partial charge in [0.25, 0.3) is 0 Å². The standard InChI is InChI=1S/C42H34O13/c1-4-50-34-19-21-36(39(45)46)37(25-34)40(47)54-31-14-10-28(11-15-31)42(2,41(48)49-3)29-12-16-32(17-13-29)55-53-26-27-24-33(18-20-35(27)38(43)44)52-23-22-51-30-8-6-5-7-9-30/h1,5-21,24-25H,22-23,26H2,2-3H3,(H,43,44)(H,45,46). The number of para-hydroxylation sites is 1. The Labute approximate surface area is 315 Å². The highest BCUT2D eigenvalue weighted by atomic mass is 17.2. The van der Waals surface area contributed by atoms with Crippen LogP contribution in [0.5, 0.6) is 28.7 Å². The van der Waals surface area contributed by atoms with Crippen LogP contribution in [0.2, 0.25) is 0 Å². The van der Waals surface area contributed by atoms with Crippen molar-refractivity contribution in [2.75, 3.05) is 20.3 Å². The third-order valence-electron chi connectivity index (χ3n) is 8.33. The second kappa shape index (κ2) is 18.0. The van der Waals surface area contributed by atoms with Crippen molar-refractivity contribution in [3.63, 3.8) is 0 Å². The third kappa shape index (κ3) is 9.58. The zero-order valence-electron chi connectivity index (χ0n) is 29.6. The molecule has 1 unspecified atom stereocenters. The van der Waals surface area contributed by atoms with Gasteiger partial charge in [-0.05, 0) is 90.8 Å². The average molecular weight is 747 g/mol. The lowest BCUT2D eigenvalue weighted by molar-refractivity contribution is -0.217. The summed E-state index contributed by atoms with van der Waals surface area (Å²) in [5.41, 5.74) is -0.608. The summed E-state index contributed by atoms with van der Waals surface area (Å²) in [6.45, 7) is 1.93. The number of carboxylic acids is 2. The lowest BCUT2D eigenvalue weighted by atomic mass is 9.76. The molecule has 0 saturated heterocycles. The highest BCUT2D eigenvalue weighted by Gasteiger charge is 2.38. The van der Waals surface area contributed by atoms with Gasteiger partial charge in [0.15, 0.2) is 5.75 Å². The van der Waals surface area contributed by atoms with Gasteiger partial charge in [0, 0.05) is 5.56 Å². The molecule has 0 fully saturated rings. The van der Waals surface area contributed by atoms with Gasteiger partial charge in [0.05, 0.1) is 23.8 Å². The second-order valence-electron chi connectivity index (χ2n) is 11.8. The van der Waals surface area contributed by atoms with Gasteiger partial charge >= 0.3 is 23.9 Å². The maximum Gasteiger partial charge on any atom is 0.344 e. The van der Waals surface area contributed by atoms with Crippen molar-refractivity contribution < 1.29 is 62.9 Å². The molecule has 2 N–H and O–H groups in total. The van der Waals surface area contributed by atoms with E-state index in [4.69, 9.17) is 39.9 Å². The van der Waals surface area contributed by atoms with Gasteiger partial charge in [0.2, 0.25) is 0 Å². The van der Waals surface area contributed by atoms with Crippen molar-refractivity contribution in [3.05, 3.63) is 149 Å². The number of carbonyl (C=O) groups excluding carboxylic acids is 2. The summed E-state index contributed by atoms with van der Waals surface area (Å²) < 4.78 is 26.9. The number of esters is 2. The Morgan fingerprint density at radius 3 is 1.82 bits per heavy atom. The molecule has 0 aliphatic rings. The molecule has 0 saturated carbocycles. The minimum Gasteiger partial charge on any atom is -0.490 e. The van der Waals surface area contributed by atoms with Crippen molar-refractivity contribution in [2.45, 2.75) is 18.9 Å². The smallest absolute Gasteiger partial charge is 0.344 e. The monoisotopic (exact) mass is 746 g/mol. The van der Waals surface area contributed by atoms with Crippen molar-refractivity contribution in [3.8, 4) is 41.3 Å². The summed E-state index contributed by atoms with van der Waals surface area (Å²) >= 11 is 0. The van der Waals surface area contributed by atoms with Gasteiger partial charge < -0.3 is 38.8 Å². The largest absolute Gasteiger partial charge is 0.490 e. The Kier molecular flexibility index (Phi) is 12.7. The van der Waals surface area contributed by atoms with E-state index in [0.29, 0.717) is 28.2 Å². The molecule has 0 aliphatic carbocycles. The first kappa shape index (κ1) is 38.9. The van der Waals surface area contributed by atoms with Crippen LogP contribution in [0, 0.1) is 12.5 Å². The Balaban J connectivity index is 1.24. The minimum absolute atomic E-state index is 0.00957. The zero-order valence-corrected chi connectivity index (χ0v) is 29.6. The number of methoxy groups -OCH3 is 1. The van der Waals surface area contributed by atoms with Gasteiger partial charge in [-0.1, -0.05) is 48.9 Å². The lowest BCUT2D eigenvalue weighted by Crippen LogP contribution is -2.35. The van der Waals surface area contributed by atoms with E-state index in [2.05, 4.69) is 0 Å². The quantitative estimate of drug-likeness (QED) is 0.0257. The fourth-order valence-electron chi connectivity index (χ4n) is 5.46. The molecule has 55 heavy (non-hydrogen) atoms. The number of terminal acetylenes is 1. The molecular formula is C42H34O13. The first-order chi connectivity index (χ1) is 26.5. The van der Waals surface area contributed by atoms with Crippen molar-refractivity contribution in [2.24, 2.45) is 0 Å². The molecule has 0 spiro atoms. The number of hydrogen-bond acceptors (Lipinski definition) is 11. The number of carbonyl (C=O) groups is 4. The predicted molar refractivity (Wildman–Crippen MR) is 195 cm³/mol. The van der Waals surface area contributed by atoms with Crippen LogP contribution in [0.1, 0.15) is 54.7 Å². The average Bonchev–Trinajstić information content (AvgIpc) is 3.19. The highest BCUT2D eigenvalue weighted by Crippen LogP contribution is 2.35. The number of rotatable bonds is 17. The first-order valence-corrected chi connectivity index (χ1v) is 16.5. The maximum atomic E-state index is 13.2. The summed E-state index contributed by atoms with van der Waals surface area (Å²) in [4.78, 5) is 60.6. The maximum absolute atomic E-state index is 13.2. The topological polar surface area (TPSA) is 173 Å². The van der Waals surface area contributed by atoms with E-state index in [-0.39, 0.29) is 53.8 Å². The molecule has 0 radical (unpaired) electrons. The molecular weight excluding hydrogens is 712 g/mol. The van der Waals surface area contributed by atoms with E-state index < -0.39 is 29.3 Å². The number of ether oxygens (including phenoxy) is 5. The van der Waals surface area contributed by atoms with E-state index in [9.17, 15) is 29.4 Å². The van der Waals surface area contributed by atoms with Crippen LogP contribution in [0.4, 0.5) is 0 Å². The van der Waals surface area contributed by atoms with E-state index in [1.54, 1.807) is 55.5 Å². The van der Waals surface area contributed by atoms with Crippen molar-refractivity contribution >= 4 is 23.9 Å². The number of aromatic carboxylic acids is 2. The molecule has 5 aromatic rings. The third-order valence-corrected chi connectivity index (χ3v) is 8.33. The Morgan fingerprint density at radius 2 is 1.22 bits per heavy atom. The summed E-state index contributed by atoms with van der Waals surface area (Å²) in [6.07, 6.45) is 7.10. The molecule has 0 bridgehead atoms. The molecule has 13 heteroatoms. The van der Waals surface area contributed by atoms with Gasteiger partial charge in [-0.15, -0.1) is 0 Å². The van der Waals surface area contributed by atoms with E-state index in [1.807, 2.05) is 36.4 Å². The number of benzene rings is 5. The van der Waals surface area contributed by atoms with Gasteiger partial charge in [-0.2, -0.15) is 4.89 Å². The molecule has 5 aromatic carbocycles. The molecule has 0 amide bonds. The summed E-state index contributed by atoms with van der Waals surface area (Å²) in [5.74, 6) is -2.52. The van der Waals surface area contributed by atoms with E-state index in [0.717, 1.165) is 0 Å². The Hall–Kier alpha value is -7.30. The van der Waals surface area contributed by atoms with Gasteiger partial charge in [-0.3, -0.25) is 4.79 Å². The van der Waals surface area contributed by atoms with Crippen LogP contribution in [0.3, 0.4) is 0 Å². The SMILES string of the molecule is C#COc1ccc(C(=O)O)c(C(=O)Oc2ccc(C(C)(C(=O)OC)c3ccc(OOCc4cc(OCCOc5ccccc5)ccc4C(=O)O)cc3)cc2)c1. The molecule has 0 heterocycles. The molecule has 0 aromatic heterocycles. The fourth-order valence-corrected chi connectivity index (χ4v) is 5.46. The molecule has 1 atom stereocenters. The van der Waals surface area contributed by atoms with Crippen molar-refractivity contribution in [1.82, 2.24) is 0 Å². The van der Waals surface area contributed by atoms with Crippen LogP contribution in [0.25, 0.3) is 0 Å².